The van der Waals surface area contributed by atoms with E-state index in [0.717, 1.165) is 22.2 Å². The zero-order chi connectivity index (χ0) is 19.6. The van der Waals surface area contributed by atoms with Gasteiger partial charge >= 0.3 is 0 Å². The summed E-state index contributed by atoms with van der Waals surface area (Å²) in [6.45, 7) is 4.09. The van der Waals surface area contributed by atoms with Crippen LogP contribution in [0.2, 0.25) is 0 Å². The van der Waals surface area contributed by atoms with E-state index in [4.69, 9.17) is 14.2 Å². The lowest BCUT2D eigenvalue weighted by molar-refractivity contribution is 0.324. The predicted molar refractivity (Wildman–Crippen MR) is 105 cm³/mol. The Morgan fingerprint density at radius 2 is 1.63 bits per heavy atom. The van der Waals surface area contributed by atoms with E-state index in [1.807, 2.05) is 26.0 Å². The fraction of sp³-hybridized carbons (Fsp3) is 0.238. The molecule has 1 aromatic heterocycles. The minimum atomic E-state index is 0.413. The number of aromatic amines is 1. The normalized spacial score (nSPS) is 11.3. The van der Waals surface area contributed by atoms with E-state index in [1.54, 1.807) is 39.5 Å². The van der Waals surface area contributed by atoms with Crippen molar-refractivity contribution in [2.45, 2.75) is 13.8 Å². The van der Waals surface area contributed by atoms with E-state index in [2.05, 4.69) is 16.0 Å². The summed E-state index contributed by atoms with van der Waals surface area (Å²) in [4.78, 5) is 7.79. The number of imidazole rings is 1. The molecule has 0 radical (unpaired) electrons. The summed E-state index contributed by atoms with van der Waals surface area (Å²) in [5.41, 5.74) is 5.22. The Morgan fingerprint density at radius 3 is 2.19 bits per heavy atom. The van der Waals surface area contributed by atoms with Crippen LogP contribution in [0.4, 0.5) is 0 Å². The van der Waals surface area contributed by atoms with Gasteiger partial charge in [0.25, 0.3) is 0 Å². The number of benzene rings is 2. The summed E-state index contributed by atoms with van der Waals surface area (Å²) in [5, 5.41) is 9.66. The molecule has 0 saturated heterocycles. The molecule has 1 N–H and O–H groups in total. The Labute approximate surface area is 158 Å². The highest BCUT2D eigenvalue weighted by atomic mass is 16.5. The molecule has 3 aromatic rings. The van der Waals surface area contributed by atoms with Crippen molar-refractivity contribution >= 4 is 22.7 Å². The van der Waals surface area contributed by atoms with Crippen LogP contribution in [0.1, 0.15) is 22.5 Å². The van der Waals surface area contributed by atoms with Crippen molar-refractivity contribution < 1.29 is 14.2 Å². The first-order chi connectivity index (χ1) is 13.0. The number of methoxy groups -OCH3 is 3. The highest BCUT2D eigenvalue weighted by molar-refractivity contribution is 5.91. The molecule has 0 aliphatic carbocycles. The highest BCUT2D eigenvalue weighted by Gasteiger charge is 2.14. The van der Waals surface area contributed by atoms with Crippen LogP contribution in [-0.2, 0) is 0 Å². The van der Waals surface area contributed by atoms with Crippen LogP contribution in [0.3, 0.4) is 0 Å². The van der Waals surface area contributed by atoms with E-state index >= 15 is 0 Å². The molecule has 0 unspecified atom stereocenters. The lowest BCUT2D eigenvalue weighted by Crippen LogP contribution is -1.96. The largest absolute Gasteiger partial charge is 0.493 e. The number of aryl methyl sites for hydroxylation is 2. The van der Waals surface area contributed by atoms with E-state index in [-0.39, 0.29) is 0 Å². The summed E-state index contributed by atoms with van der Waals surface area (Å²) >= 11 is 0. The molecule has 3 rings (SSSR count). The standard InChI is InChI=1S/C21H21N3O3/c1-12-6-16-17(7-13(12)2)24-21(23-16)15(11-22)8-14-9-18(25-3)20(27-5)19(10-14)26-4/h6-10H,1-5H3,(H,23,24)/b15-8-. The average Bonchev–Trinajstić information content (AvgIpc) is 3.07. The van der Waals surface area contributed by atoms with Gasteiger partial charge in [-0.05, 0) is 60.9 Å². The second-order valence-corrected chi connectivity index (χ2v) is 6.17. The summed E-state index contributed by atoms with van der Waals surface area (Å²) in [6, 6.07) is 9.84. The second-order valence-electron chi connectivity index (χ2n) is 6.17. The second kappa shape index (κ2) is 7.42. The van der Waals surface area contributed by atoms with Crippen molar-refractivity contribution in [3.63, 3.8) is 0 Å². The monoisotopic (exact) mass is 363 g/mol. The molecule has 0 amide bonds. The Bertz CT molecular complexity index is 1010. The maximum Gasteiger partial charge on any atom is 0.203 e. The van der Waals surface area contributed by atoms with E-state index in [0.29, 0.717) is 28.6 Å². The van der Waals surface area contributed by atoms with Crippen molar-refractivity contribution in [3.05, 3.63) is 46.8 Å². The molecule has 27 heavy (non-hydrogen) atoms. The zero-order valence-electron chi connectivity index (χ0n) is 16.0. The van der Waals surface area contributed by atoms with E-state index < -0.39 is 0 Å². The van der Waals surface area contributed by atoms with Crippen molar-refractivity contribution in [3.8, 4) is 23.3 Å². The third-order valence-corrected chi connectivity index (χ3v) is 4.47. The lowest BCUT2D eigenvalue weighted by atomic mass is 10.1. The Hall–Kier alpha value is -3.46. The predicted octanol–water partition coefficient (Wildman–Crippen LogP) is 4.27. The van der Waals surface area contributed by atoms with Crippen LogP contribution in [0.15, 0.2) is 24.3 Å². The van der Waals surface area contributed by atoms with Gasteiger partial charge in [-0.2, -0.15) is 5.26 Å². The molecule has 6 heteroatoms. The number of nitrogens with one attached hydrogen (secondary N) is 1. The topological polar surface area (TPSA) is 80.2 Å². The summed E-state index contributed by atoms with van der Waals surface area (Å²) in [5.74, 6) is 2.07. The van der Waals surface area contributed by atoms with Gasteiger partial charge in [0.2, 0.25) is 5.75 Å². The molecular weight excluding hydrogens is 342 g/mol. The summed E-state index contributed by atoms with van der Waals surface area (Å²) < 4.78 is 16.1. The van der Waals surface area contributed by atoms with Crippen LogP contribution in [-0.4, -0.2) is 31.3 Å². The zero-order valence-corrected chi connectivity index (χ0v) is 16.0. The maximum absolute atomic E-state index is 9.66. The number of hydrogen-bond acceptors (Lipinski definition) is 5. The Balaban J connectivity index is 2.11. The number of hydrogen-bond donors (Lipinski definition) is 1. The van der Waals surface area contributed by atoms with Gasteiger partial charge < -0.3 is 19.2 Å². The van der Waals surface area contributed by atoms with Crippen LogP contribution in [0.5, 0.6) is 17.2 Å². The number of allylic oxidation sites excluding steroid dienone is 1. The van der Waals surface area contributed by atoms with Crippen LogP contribution < -0.4 is 14.2 Å². The molecular formula is C21H21N3O3. The molecule has 0 spiro atoms. The number of H-pyrrole nitrogens is 1. The number of fused-ring (bicyclic) bond motifs is 1. The number of nitriles is 1. The average molecular weight is 363 g/mol. The van der Waals surface area contributed by atoms with Crippen molar-refractivity contribution in [1.82, 2.24) is 9.97 Å². The fourth-order valence-electron chi connectivity index (χ4n) is 2.90. The Morgan fingerprint density at radius 1 is 1.00 bits per heavy atom. The molecule has 0 atom stereocenters. The van der Waals surface area contributed by atoms with Gasteiger partial charge in [0, 0.05) is 0 Å². The Kier molecular flexibility index (Phi) is 5.04. The third-order valence-electron chi connectivity index (χ3n) is 4.47. The smallest absolute Gasteiger partial charge is 0.203 e. The molecule has 0 aliphatic heterocycles. The minimum absolute atomic E-state index is 0.413. The first-order valence-electron chi connectivity index (χ1n) is 8.39. The van der Waals surface area contributed by atoms with Gasteiger partial charge in [-0.1, -0.05) is 0 Å². The maximum atomic E-state index is 9.66. The third kappa shape index (κ3) is 3.44. The number of nitrogens with zero attached hydrogens (tertiary/aromatic N) is 2. The SMILES string of the molecule is COc1cc(/C=C(/C#N)c2nc3cc(C)c(C)cc3[nH]2)cc(OC)c1OC. The molecule has 2 aromatic carbocycles. The van der Waals surface area contributed by atoms with Gasteiger partial charge in [-0.3, -0.25) is 0 Å². The molecule has 138 valence electrons. The van der Waals surface area contributed by atoms with Gasteiger partial charge in [0.15, 0.2) is 11.5 Å². The van der Waals surface area contributed by atoms with Gasteiger partial charge in [-0.25, -0.2) is 4.98 Å². The molecule has 0 saturated carbocycles. The lowest BCUT2D eigenvalue weighted by Gasteiger charge is -2.13. The van der Waals surface area contributed by atoms with Crippen molar-refractivity contribution in [1.29, 1.82) is 5.26 Å². The van der Waals surface area contributed by atoms with Crippen molar-refractivity contribution in [2.24, 2.45) is 0 Å². The molecule has 6 nitrogen and oxygen atoms in total. The van der Waals surface area contributed by atoms with Crippen molar-refractivity contribution in [2.75, 3.05) is 21.3 Å². The van der Waals surface area contributed by atoms with E-state index in [9.17, 15) is 5.26 Å². The van der Waals surface area contributed by atoms with Crippen LogP contribution in [0, 0.1) is 25.2 Å². The highest BCUT2D eigenvalue weighted by Crippen LogP contribution is 2.39. The number of rotatable bonds is 5. The van der Waals surface area contributed by atoms with Gasteiger partial charge in [0.05, 0.1) is 37.9 Å². The summed E-state index contributed by atoms with van der Waals surface area (Å²) in [6.07, 6.45) is 1.74. The van der Waals surface area contributed by atoms with Gasteiger partial charge in [0.1, 0.15) is 11.9 Å². The first kappa shape index (κ1) is 18.3. The van der Waals surface area contributed by atoms with Crippen LogP contribution >= 0.6 is 0 Å². The number of ether oxygens (including phenoxy) is 3. The van der Waals surface area contributed by atoms with Gasteiger partial charge in [-0.15, -0.1) is 0 Å². The molecule has 1 heterocycles. The fourth-order valence-corrected chi connectivity index (χ4v) is 2.90. The first-order valence-corrected chi connectivity index (χ1v) is 8.39. The molecule has 0 aliphatic rings. The summed E-state index contributed by atoms with van der Waals surface area (Å²) in [7, 11) is 4.66. The molecule has 0 bridgehead atoms. The van der Waals surface area contributed by atoms with Crippen LogP contribution in [0.25, 0.3) is 22.7 Å². The minimum Gasteiger partial charge on any atom is -0.493 e. The quantitative estimate of drug-likeness (QED) is 0.685. The molecule has 0 fully saturated rings. The number of aromatic nitrogens is 2. The van der Waals surface area contributed by atoms with E-state index in [1.165, 1.54) is 5.56 Å².